The second-order valence-corrected chi connectivity index (χ2v) is 6.24. The molecule has 1 aliphatic heterocycles. The molecule has 0 aromatic carbocycles. The van der Waals surface area contributed by atoms with Crippen LogP contribution in [0.4, 0.5) is 13.2 Å². The molecule has 8 nitrogen and oxygen atoms in total. The smallest absolute Gasteiger partial charge is 0.347 e. The number of hydrogen-bond acceptors (Lipinski definition) is 6. The lowest BCUT2D eigenvalue weighted by Crippen LogP contribution is -2.57. The summed E-state index contributed by atoms with van der Waals surface area (Å²) in [5.41, 5.74) is 1.44. The van der Waals surface area contributed by atoms with Gasteiger partial charge in [0.1, 0.15) is 6.04 Å². The van der Waals surface area contributed by atoms with Gasteiger partial charge in [0.2, 0.25) is 5.82 Å². The van der Waals surface area contributed by atoms with E-state index in [0.717, 1.165) is 5.69 Å². The van der Waals surface area contributed by atoms with Gasteiger partial charge in [-0.1, -0.05) is 0 Å². The normalized spacial score (nSPS) is 16.2. The molecule has 1 fully saturated rings. The number of carbonyl (C=O) groups excluding carboxylic acids is 1. The van der Waals surface area contributed by atoms with E-state index in [1.54, 1.807) is 19.9 Å². The van der Waals surface area contributed by atoms with Gasteiger partial charge in [0.25, 0.3) is 11.7 Å². The molecule has 13 heteroatoms. The lowest BCUT2D eigenvalue weighted by Gasteiger charge is -2.35. The van der Waals surface area contributed by atoms with E-state index >= 15 is 0 Å². The molecule has 0 saturated carbocycles. The minimum atomic E-state index is -4.44. The minimum absolute atomic E-state index is 0. The topological polar surface area (TPSA) is 87.5 Å². The van der Waals surface area contributed by atoms with E-state index in [1.807, 2.05) is 0 Å². The third-order valence-electron chi connectivity index (χ3n) is 4.25. The molecule has 1 saturated heterocycles. The van der Waals surface area contributed by atoms with Crippen LogP contribution in [0.3, 0.4) is 0 Å². The lowest BCUT2D eigenvalue weighted by atomic mass is 10.2. The van der Waals surface area contributed by atoms with Crippen LogP contribution in [0, 0.1) is 13.8 Å². The molecule has 0 bridgehead atoms. The maximum atomic E-state index is 13.4. The average Bonchev–Trinajstić information content (AvgIpc) is 2.99. The number of carbonyl (C=O) groups is 1. The third-order valence-corrected chi connectivity index (χ3v) is 4.25. The quantitative estimate of drug-likeness (QED) is 0.736. The number of aromatic nitrogens is 4. The average molecular weight is 444 g/mol. The van der Waals surface area contributed by atoms with E-state index in [0.29, 0.717) is 18.8 Å². The van der Waals surface area contributed by atoms with Gasteiger partial charge in [-0.25, -0.2) is 9.50 Å². The van der Waals surface area contributed by atoms with E-state index in [-0.39, 0.29) is 49.5 Å². The Hall–Kier alpha value is -1.69. The van der Waals surface area contributed by atoms with Gasteiger partial charge < -0.3 is 10.6 Å². The van der Waals surface area contributed by atoms with Crippen LogP contribution in [0.5, 0.6) is 0 Å². The van der Waals surface area contributed by atoms with Crippen molar-refractivity contribution >= 4 is 36.5 Å². The molecule has 2 aromatic heterocycles. The highest BCUT2D eigenvalue weighted by Gasteiger charge is 2.44. The molecule has 28 heavy (non-hydrogen) atoms. The van der Waals surface area contributed by atoms with Crippen LogP contribution in [0.1, 0.15) is 22.0 Å². The Labute approximate surface area is 172 Å². The van der Waals surface area contributed by atoms with E-state index in [1.165, 1.54) is 9.42 Å². The van der Waals surface area contributed by atoms with Crippen molar-refractivity contribution in [3.05, 3.63) is 23.3 Å². The van der Waals surface area contributed by atoms with Crippen LogP contribution < -0.4 is 10.6 Å². The number of piperazine rings is 1. The molecule has 2 N–H and O–H groups in total. The zero-order valence-electron chi connectivity index (χ0n) is 15.3. The van der Waals surface area contributed by atoms with Crippen LogP contribution >= 0.6 is 24.8 Å². The Kier molecular flexibility index (Phi) is 8.42. The molecule has 2 aromatic rings. The van der Waals surface area contributed by atoms with Crippen LogP contribution in [0.15, 0.2) is 6.07 Å². The largest absolute Gasteiger partial charge is 0.405 e. The van der Waals surface area contributed by atoms with Gasteiger partial charge in [-0.15, -0.1) is 29.9 Å². The zero-order chi connectivity index (χ0) is 18.9. The van der Waals surface area contributed by atoms with E-state index in [4.69, 9.17) is 0 Å². The molecule has 0 radical (unpaired) electrons. The van der Waals surface area contributed by atoms with Crippen molar-refractivity contribution in [2.24, 2.45) is 0 Å². The maximum Gasteiger partial charge on any atom is 0.405 e. The fourth-order valence-electron chi connectivity index (χ4n) is 2.98. The van der Waals surface area contributed by atoms with Crippen LogP contribution in [0.2, 0.25) is 0 Å². The summed E-state index contributed by atoms with van der Waals surface area (Å²) in [4.78, 5) is 21.7. The third kappa shape index (κ3) is 5.43. The Morgan fingerprint density at radius 1 is 1.25 bits per heavy atom. The van der Waals surface area contributed by atoms with Crippen LogP contribution in [0.25, 0.3) is 5.78 Å². The predicted molar refractivity (Wildman–Crippen MR) is 101 cm³/mol. The lowest BCUT2D eigenvalue weighted by molar-refractivity contribution is -0.183. The molecule has 0 aliphatic carbocycles. The molecule has 3 rings (SSSR count). The van der Waals surface area contributed by atoms with Crippen molar-refractivity contribution in [3.63, 3.8) is 0 Å². The van der Waals surface area contributed by atoms with Crippen molar-refractivity contribution in [1.82, 2.24) is 35.1 Å². The van der Waals surface area contributed by atoms with Gasteiger partial charge >= 0.3 is 6.18 Å². The van der Waals surface area contributed by atoms with Gasteiger partial charge in [-0.05, 0) is 19.9 Å². The fraction of sp³-hybridized carbons (Fsp3) is 0.600. The van der Waals surface area contributed by atoms with Crippen molar-refractivity contribution in [1.29, 1.82) is 0 Å². The second kappa shape index (κ2) is 9.68. The van der Waals surface area contributed by atoms with Gasteiger partial charge in [0.05, 0.1) is 0 Å². The van der Waals surface area contributed by atoms with E-state index in [2.05, 4.69) is 25.7 Å². The summed E-state index contributed by atoms with van der Waals surface area (Å²) in [5.74, 6) is -0.716. The number of alkyl halides is 3. The van der Waals surface area contributed by atoms with Gasteiger partial charge in [-0.3, -0.25) is 9.69 Å². The summed E-state index contributed by atoms with van der Waals surface area (Å²) in [5, 5.41) is 9.35. The second-order valence-electron chi connectivity index (χ2n) is 6.24. The Bertz CT molecular complexity index is 809. The molecule has 1 amide bonds. The van der Waals surface area contributed by atoms with Crippen LogP contribution in [-0.2, 0) is 0 Å². The summed E-state index contributed by atoms with van der Waals surface area (Å²) in [6.45, 7) is 4.52. The molecule has 3 heterocycles. The first kappa shape index (κ1) is 24.3. The van der Waals surface area contributed by atoms with Crippen molar-refractivity contribution in [3.8, 4) is 0 Å². The van der Waals surface area contributed by atoms with Crippen molar-refractivity contribution in [2.75, 3.05) is 32.7 Å². The summed E-state index contributed by atoms with van der Waals surface area (Å²) < 4.78 is 41.5. The van der Waals surface area contributed by atoms with Gasteiger partial charge in [-0.2, -0.15) is 18.2 Å². The first-order chi connectivity index (χ1) is 12.3. The Morgan fingerprint density at radius 3 is 2.50 bits per heavy atom. The van der Waals surface area contributed by atoms with E-state index in [9.17, 15) is 18.0 Å². The van der Waals surface area contributed by atoms with Crippen LogP contribution in [-0.4, -0.2) is 75.3 Å². The summed E-state index contributed by atoms with van der Waals surface area (Å²) in [7, 11) is 0. The first-order valence-electron chi connectivity index (χ1n) is 8.26. The highest BCUT2D eigenvalue weighted by atomic mass is 35.5. The zero-order valence-corrected chi connectivity index (χ0v) is 16.9. The monoisotopic (exact) mass is 443 g/mol. The summed E-state index contributed by atoms with van der Waals surface area (Å²) in [6.07, 6.45) is -4.44. The summed E-state index contributed by atoms with van der Waals surface area (Å²) in [6, 6.07) is 0.0284. The number of nitrogens with one attached hydrogen (secondary N) is 2. The maximum absolute atomic E-state index is 13.4. The molecule has 1 aliphatic rings. The van der Waals surface area contributed by atoms with Gasteiger partial charge in [0.15, 0.2) is 0 Å². The molecular formula is C15H22Cl2F3N7O. The van der Waals surface area contributed by atoms with Crippen molar-refractivity contribution < 1.29 is 18.0 Å². The molecular weight excluding hydrogens is 422 g/mol. The minimum Gasteiger partial charge on any atom is -0.347 e. The predicted octanol–water partition coefficient (Wildman–Crippen LogP) is 1.15. The SMILES string of the molecule is Cc1cc(C)n2nc(C(=O)NCC(N3CCNCC3)C(F)(F)F)nc2n1.Cl.Cl. The molecule has 158 valence electrons. The highest BCUT2D eigenvalue weighted by Crippen LogP contribution is 2.24. The number of hydrogen-bond donors (Lipinski definition) is 2. The Morgan fingerprint density at radius 2 is 1.89 bits per heavy atom. The highest BCUT2D eigenvalue weighted by molar-refractivity contribution is 5.90. The number of rotatable bonds is 4. The molecule has 1 unspecified atom stereocenters. The fourth-order valence-corrected chi connectivity index (χ4v) is 2.98. The number of halogens is 5. The van der Waals surface area contributed by atoms with Crippen molar-refractivity contribution in [2.45, 2.75) is 26.1 Å². The first-order valence-corrected chi connectivity index (χ1v) is 8.26. The molecule has 1 atom stereocenters. The molecule has 0 spiro atoms. The number of nitrogens with zero attached hydrogens (tertiary/aromatic N) is 5. The standard InChI is InChI=1S/C15H20F3N7O.2ClH/c1-9-7-10(2)25-14(21-9)22-12(23-25)13(26)20-8-11(15(16,17)18)24-5-3-19-4-6-24;;/h7,11,19H,3-6,8H2,1-2H3,(H,20,26);2*1H. The summed E-state index contributed by atoms with van der Waals surface area (Å²) >= 11 is 0. The van der Waals surface area contributed by atoms with E-state index < -0.39 is 24.7 Å². The number of fused-ring (bicyclic) bond motifs is 1. The number of aryl methyl sites for hydroxylation is 2. The Balaban J connectivity index is 0.00000196. The van der Waals surface area contributed by atoms with Gasteiger partial charge in [0, 0.05) is 44.1 Å². The number of amides is 1.